The number of amides is 1. The molecule has 1 aromatic carbocycles. The highest BCUT2D eigenvalue weighted by atomic mass is 16.2. The van der Waals surface area contributed by atoms with Crippen molar-refractivity contribution >= 4 is 5.91 Å². The molecule has 27 heavy (non-hydrogen) atoms. The topological polar surface area (TPSA) is 41.4 Å². The fourth-order valence-electron chi connectivity index (χ4n) is 4.23. The molecule has 0 unspecified atom stereocenters. The van der Waals surface area contributed by atoms with E-state index in [2.05, 4.69) is 34.8 Å². The van der Waals surface area contributed by atoms with Crippen LogP contribution in [-0.4, -0.2) is 57.7 Å². The molecule has 142 valence electrons. The zero-order valence-corrected chi connectivity index (χ0v) is 16.2. The van der Waals surface area contributed by atoms with E-state index in [-0.39, 0.29) is 5.91 Å². The molecule has 3 aliphatic rings. The lowest BCUT2D eigenvalue weighted by atomic mass is 9.95. The third-order valence-electron chi connectivity index (χ3n) is 5.73. The molecule has 4 heterocycles. The first-order valence-electron chi connectivity index (χ1n) is 9.87. The molecule has 5 rings (SSSR count). The summed E-state index contributed by atoms with van der Waals surface area (Å²) < 4.78 is 1.81. The van der Waals surface area contributed by atoms with Crippen molar-refractivity contribution in [2.75, 3.05) is 26.2 Å². The van der Waals surface area contributed by atoms with Gasteiger partial charge in [0.2, 0.25) is 0 Å². The van der Waals surface area contributed by atoms with E-state index >= 15 is 0 Å². The van der Waals surface area contributed by atoms with Crippen molar-refractivity contribution in [1.82, 2.24) is 19.6 Å². The van der Waals surface area contributed by atoms with Crippen LogP contribution < -0.4 is 0 Å². The van der Waals surface area contributed by atoms with Gasteiger partial charge in [0.05, 0.1) is 5.69 Å². The van der Waals surface area contributed by atoms with Crippen molar-refractivity contribution in [3.63, 3.8) is 0 Å². The summed E-state index contributed by atoms with van der Waals surface area (Å²) in [5.74, 6) is 0.740. The van der Waals surface area contributed by atoms with E-state index in [0.717, 1.165) is 37.4 Å². The van der Waals surface area contributed by atoms with Crippen LogP contribution in [0.1, 0.15) is 37.0 Å². The summed E-state index contributed by atoms with van der Waals surface area (Å²) in [6.45, 7) is 8.13. The lowest BCUT2D eigenvalue weighted by Crippen LogP contribution is -2.44. The normalized spacial score (nSPS) is 22.5. The van der Waals surface area contributed by atoms with Crippen LogP contribution >= 0.6 is 0 Å². The van der Waals surface area contributed by atoms with Gasteiger partial charge in [-0.15, -0.1) is 0 Å². The number of fused-ring (bicyclic) bond motifs is 4. The van der Waals surface area contributed by atoms with E-state index in [1.807, 2.05) is 41.2 Å². The fraction of sp³-hybridized carbons (Fsp3) is 0.455. The van der Waals surface area contributed by atoms with Gasteiger partial charge >= 0.3 is 0 Å². The Labute approximate surface area is 161 Å². The molecule has 3 aliphatic heterocycles. The summed E-state index contributed by atoms with van der Waals surface area (Å²) in [5, 5.41) is 4.24. The number of hydrogen-bond donors (Lipinski definition) is 0. The molecule has 0 N–H and O–H groups in total. The maximum atomic E-state index is 13.1. The Morgan fingerprint density at radius 1 is 1.15 bits per heavy atom. The lowest BCUT2D eigenvalue weighted by Gasteiger charge is -2.35. The summed E-state index contributed by atoms with van der Waals surface area (Å²) in [6, 6.07) is 10.2. The summed E-state index contributed by atoms with van der Waals surface area (Å²) in [5.41, 5.74) is 3.10. The number of allylic oxidation sites excluding steroid dienone is 1. The average molecular weight is 364 g/mol. The fourth-order valence-corrected chi connectivity index (χ4v) is 4.23. The number of carbonyl (C=O) groups is 1. The largest absolute Gasteiger partial charge is 0.337 e. The van der Waals surface area contributed by atoms with E-state index in [1.165, 1.54) is 18.4 Å². The van der Waals surface area contributed by atoms with E-state index < -0.39 is 0 Å². The Morgan fingerprint density at radius 3 is 2.67 bits per heavy atom. The Bertz CT molecular complexity index is 805. The predicted molar refractivity (Wildman–Crippen MR) is 107 cm³/mol. The van der Waals surface area contributed by atoms with Crippen LogP contribution in [0.5, 0.6) is 0 Å². The maximum absolute atomic E-state index is 13.1. The number of piperidine rings is 1. The zero-order chi connectivity index (χ0) is 18.8. The van der Waals surface area contributed by atoms with Crippen molar-refractivity contribution in [2.24, 2.45) is 5.92 Å². The van der Waals surface area contributed by atoms with Crippen LogP contribution in [0, 0.1) is 5.92 Å². The third-order valence-corrected chi connectivity index (χ3v) is 5.73. The monoisotopic (exact) mass is 364 g/mol. The number of rotatable bonds is 4. The van der Waals surface area contributed by atoms with Crippen molar-refractivity contribution in [1.29, 1.82) is 0 Å². The lowest BCUT2D eigenvalue weighted by molar-refractivity contribution is 0.0740. The number of carbonyl (C=O) groups excluding carboxylic acids is 1. The van der Waals surface area contributed by atoms with Gasteiger partial charge in [-0.25, -0.2) is 4.68 Å². The minimum atomic E-state index is 0.156. The molecule has 5 heteroatoms. The first-order chi connectivity index (χ1) is 13.1. The molecule has 3 fully saturated rings. The first kappa shape index (κ1) is 18.0. The molecular formula is C22H28N4O. The number of benzene rings is 1. The molecule has 5 nitrogen and oxygen atoms in total. The highest BCUT2D eigenvalue weighted by Gasteiger charge is 2.36. The molecule has 1 amide bonds. The molecule has 0 radical (unpaired) electrons. The van der Waals surface area contributed by atoms with Gasteiger partial charge in [0.15, 0.2) is 0 Å². The molecule has 2 aromatic rings. The summed E-state index contributed by atoms with van der Waals surface area (Å²) in [7, 11) is 0. The molecule has 0 saturated carbocycles. The van der Waals surface area contributed by atoms with Gasteiger partial charge in [-0.2, -0.15) is 5.10 Å². The second kappa shape index (κ2) is 7.69. The van der Waals surface area contributed by atoms with Crippen molar-refractivity contribution in [3.8, 4) is 5.69 Å². The predicted octanol–water partition coefficient (Wildman–Crippen LogP) is 3.37. The molecule has 0 spiro atoms. The Morgan fingerprint density at radius 2 is 1.96 bits per heavy atom. The van der Waals surface area contributed by atoms with Crippen LogP contribution in [-0.2, 0) is 0 Å². The Balaban J connectivity index is 1.47. The highest BCUT2D eigenvalue weighted by Crippen LogP contribution is 2.29. The van der Waals surface area contributed by atoms with Crippen LogP contribution in [0.2, 0.25) is 0 Å². The van der Waals surface area contributed by atoms with E-state index in [1.54, 1.807) is 6.20 Å². The van der Waals surface area contributed by atoms with Gasteiger partial charge in [-0.05, 0) is 62.9 Å². The van der Waals surface area contributed by atoms with Gasteiger partial charge in [0, 0.05) is 50.2 Å². The number of hydrogen-bond acceptors (Lipinski definition) is 3. The van der Waals surface area contributed by atoms with Gasteiger partial charge in [0.25, 0.3) is 5.91 Å². The van der Waals surface area contributed by atoms with Crippen LogP contribution in [0.3, 0.4) is 0 Å². The SMILES string of the molecule is CC(C)=CCN1C[C@H]2CC[C@@H]1CN(C(=O)c1ccc(-n3cccn3)cc1)C2. The van der Waals surface area contributed by atoms with E-state index in [4.69, 9.17) is 0 Å². The maximum Gasteiger partial charge on any atom is 0.253 e. The second-order valence-corrected chi connectivity index (χ2v) is 8.04. The van der Waals surface area contributed by atoms with Crippen LogP contribution in [0.25, 0.3) is 5.69 Å². The van der Waals surface area contributed by atoms with E-state index in [0.29, 0.717) is 12.0 Å². The third kappa shape index (κ3) is 3.98. The summed E-state index contributed by atoms with van der Waals surface area (Å²) in [4.78, 5) is 17.8. The zero-order valence-electron chi connectivity index (χ0n) is 16.2. The van der Waals surface area contributed by atoms with Crippen molar-refractivity contribution in [2.45, 2.75) is 32.7 Å². The van der Waals surface area contributed by atoms with Gasteiger partial charge in [-0.1, -0.05) is 11.6 Å². The molecule has 2 bridgehead atoms. The quantitative estimate of drug-likeness (QED) is 0.781. The molecule has 3 saturated heterocycles. The minimum Gasteiger partial charge on any atom is -0.337 e. The van der Waals surface area contributed by atoms with Gasteiger partial charge in [-0.3, -0.25) is 9.69 Å². The first-order valence-corrected chi connectivity index (χ1v) is 9.87. The summed E-state index contributed by atoms with van der Waals surface area (Å²) >= 11 is 0. The Kier molecular flexibility index (Phi) is 5.12. The summed E-state index contributed by atoms with van der Waals surface area (Å²) in [6.07, 6.45) is 8.40. The van der Waals surface area contributed by atoms with Crippen LogP contribution in [0.4, 0.5) is 0 Å². The van der Waals surface area contributed by atoms with Crippen molar-refractivity contribution < 1.29 is 4.79 Å². The standard InChI is InChI=1S/C22H28N4O/c1-17(2)10-13-24-14-18-4-7-21(24)16-25(15-18)22(27)19-5-8-20(9-6-19)26-12-3-11-23-26/h3,5-6,8-12,18,21H,4,7,13-16H2,1-2H3/t18-,21-/m1/s1. The average Bonchev–Trinajstić information content (AvgIpc) is 3.06. The van der Waals surface area contributed by atoms with Crippen LogP contribution in [0.15, 0.2) is 54.4 Å². The van der Waals surface area contributed by atoms with Gasteiger partial charge in [0.1, 0.15) is 0 Å². The Hall–Kier alpha value is -2.40. The second-order valence-electron chi connectivity index (χ2n) is 8.04. The molecular weight excluding hydrogens is 336 g/mol. The highest BCUT2D eigenvalue weighted by molar-refractivity contribution is 5.94. The van der Waals surface area contributed by atoms with Gasteiger partial charge < -0.3 is 4.90 Å². The van der Waals surface area contributed by atoms with E-state index in [9.17, 15) is 4.79 Å². The van der Waals surface area contributed by atoms with Crippen molar-refractivity contribution in [3.05, 3.63) is 59.9 Å². The number of aromatic nitrogens is 2. The molecule has 2 atom stereocenters. The minimum absolute atomic E-state index is 0.156. The number of nitrogens with zero attached hydrogens (tertiary/aromatic N) is 4. The molecule has 1 aromatic heterocycles. The molecule has 0 aliphatic carbocycles. The smallest absolute Gasteiger partial charge is 0.253 e.